The highest BCUT2D eigenvalue weighted by atomic mass is 16.5. The van der Waals surface area contributed by atoms with E-state index in [0.717, 1.165) is 5.56 Å². The number of nitrogens with zero attached hydrogens (tertiary/aromatic N) is 1. The molecule has 0 saturated carbocycles. The van der Waals surface area contributed by atoms with Gasteiger partial charge in [-0.05, 0) is 49.2 Å². The topological polar surface area (TPSA) is 82.1 Å². The number of methoxy groups -OCH3 is 1. The Balaban J connectivity index is 1.47. The molecule has 0 spiro atoms. The molecule has 0 saturated heterocycles. The molecule has 2 amide bonds. The summed E-state index contributed by atoms with van der Waals surface area (Å²) in [5.74, 6) is 0.0731. The lowest BCUT2D eigenvalue weighted by atomic mass is 10.1. The molecule has 2 aromatic carbocycles. The molecule has 0 radical (unpaired) electrons. The van der Waals surface area contributed by atoms with Crippen molar-refractivity contribution in [3.05, 3.63) is 65.2 Å². The van der Waals surface area contributed by atoms with E-state index in [1.54, 1.807) is 55.7 Å². The Morgan fingerprint density at radius 3 is 2.37 bits per heavy atom. The maximum absolute atomic E-state index is 12.3. The lowest BCUT2D eigenvalue weighted by molar-refractivity contribution is -0.137. The molecule has 3 rings (SSSR count). The highest BCUT2D eigenvalue weighted by Crippen LogP contribution is 2.28. The Labute approximate surface area is 174 Å². The molecule has 1 heterocycles. The molecule has 0 aromatic heterocycles. The van der Waals surface area contributed by atoms with Crippen LogP contribution in [0, 0.1) is 0 Å². The molecule has 1 aliphatic heterocycles. The van der Waals surface area contributed by atoms with Gasteiger partial charge in [-0.15, -0.1) is 0 Å². The van der Waals surface area contributed by atoms with E-state index in [1.165, 1.54) is 11.0 Å². The molecule has 7 heteroatoms. The van der Waals surface area contributed by atoms with E-state index in [1.807, 2.05) is 6.92 Å². The van der Waals surface area contributed by atoms with Crippen molar-refractivity contribution in [3.8, 4) is 11.5 Å². The van der Waals surface area contributed by atoms with Crippen molar-refractivity contribution in [2.45, 2.75) is 13.3 Å². The summed E-state index contributed by atoms with van der Waals surface area (Å²) in [6, 6.07) is 12.1. The molecule has 0 unspecified atom stereocenters. The highest BCUT2D eigenvalue weighted by Gasteiger charge is 2.34. The summed E-state index contributed by atoms with van der Waals surface area (Å²) in [5, 5.41) is 0. The van der Waals surface area contributed by atoms with Gasteiger partial charge in [-0.1, -0.05) is 18.2 Å². The summed E-state index contributed by atoms with van der Waals surface area (Å²) in [6.45, 7) is 2.71. The molecule has 30 heavy (non-hydrogen) atoms. The van der Waals surface area contributed by atoms with Gasteiger partial charge in [0.05, 0.1) is 31.5 Å². The van der Waals surface area contributed by atoms with Crippen molar-refractivity contribution in [1.82, 2.24) is 4.90 Å². The van der Waals surface area contributed by atoms with Crippen molar-refractivity contribution in [2.24, 2.45) is 0 Å². The molecule has 0 N–H and O–H groups in total. The Morgan fingerprint density at radius 1 is 1.03 bits per heavy atom. The predicted octanol–water partition coefficient (Wildman–Crippen LogP) is 3.34. The van der Waals surface area contributed by atoms with Crippen molar-refractivity contribution >= 4 is 23.9 Å². The van der Waals surface area contributed by atoms with Gasteiger partial charge in [-0.25, -0.2) is 4.79 Å². The molecule has 0 atom stereocenters. The number of ether oxygens (including phenoxy) is 3. The summed E-state index contributed by atoms with van der Waals surface area (Å²) in [6.07, 6.45) is 3.30. The lowest BCUT2D eigenvalue weighted by Gasteiger charge is -2.13. The predicted molar refractivity (Wildman–Crippen MR) is 111 cm³/mol. The largest absolute Gasteiger partial charge is 0.493 e. The van der Waals surface area contributed by atoms with E-state index in [4.69, 9.17) is 14.2 Å². The van der Waals surface area contributed by atoms with E-state index >= 15 is 0 Å². The third-order valence-corrected chi connectivity index (χ3v) is 4.55. The number of amides is 2. The van der Waals surface area contributed by atoms with Crippen LogP contribution >= 0.6 is 0 Å². The van der Waals surface area contributed by atoms with Gasteiger partial charge in [-0.3, -0.25) is 14.5 Å². The Kier molecular flexibility index (Phi) is 6.85. The number of benzene rings is 2. The van der Waals surface area contributed by atoms with Gasteiger partial charge in [0.1, 0.15) is 0 Å². The van der Waals surface area contributed by atoms with Crippen LogP contribution in [0.2, 0.25) is 0 Å². The van der Waals surface area contributed by atoms with E-state index in [2.05, 4.69) is 0 Å². The zero-order chi connectivity index (χ0) is 21.5. The molecule has 1 aliphatic rings. The van der Waals surface area contributed by atoms with Gasteiger partial charge >= 0.3 is 5.97 Å². The van der Waals surface area contributed by atoms with Crippen LogP contribution in [-0.4, -0.2) is 49.6 Å². The van der Waals surface area contributed by atoms with Gasteiger partial charge in [-0.2, -0.15) is 0 Å². The van der Waals surface area contributed by atoms with Crippen LogP contribution in [0.4, 0.5) is 0 Å². The number of esters is 1. The summed E-state index contributed by atoms with van der Waals surface area (Å²) >= 11 is 0. The minimum Gasteiger partial charge on any atom is -0.493 e. The maximum atomic E-state index is 12.3. The van der Waals surface area contributed by atoms with Crippen molar-refractivity contribution in [3.63, 3.8) is 0 Å². The fourth-order valence-electron chi connectivity index (χ4n) is 3.11. The number of fused-ring (bicyclic) bond motifs is 1. The van der Waals surface area contributed by atoms with Crippen molar-refractivity contribution < 1.29 is 28.6 Å². The Bertz CT molecular complexity index is 946. The average molecular weight is 409 g/mol. The minimum atomic E-state index is -0.509. The number of imide groups is 1. The molecule has 0 bridgehead atoms. The first-order valence-corrected chi connectivity index (χ1v) is 9.66. The number of hydrogen-bond acceptors (Lipinski definition) is 6. The first kappa shape index (κ1) is 21.1. The van der Waals surface area contributed by atoms with E-state index < -0.39 is 5.97 Å². The van der Waals surface area contributed by atoms with E-state index in [0.29, 0.717) is 35.7 Å². The van der Waals surface area contributed by atoms with Crippen LogP contribution in [0.1, 0.15) is 39.6 Å². The third kappa shape index (κ3) is 4.68. The second kappa shape index (κ2) is 9.73. The Hall–Kier alpha value is -3.61. The smallest absolute Gasteiger partial charge is 0.330 e. The summed E-state index contributed by atoms with van der Waals surface area (Å²) in [5.41, 5.74) is 1.58. The van der Waals surface area contributed by atoms with E-state index in [9.17, 15) is 14.4 Å². The lowest BCUT2D eigenvalue weighted by Crippen LogP contribution is -2.31. The van der Waals surface area contributed by atoms with Crippen LogP contribution < -0.4 is 9.47 Å². The first-order valence-electron chi connectivity index (χ1n) is 9.66. The SMILES string of the molecule is CCOc1ccc(/C=C/C(=O)OCCCN2C(=O)c3ccccc3C2=O)cc1OC. The fraction of sp³-hybridized carbons (Fsp3) is 0.261. The minimum absolute atomic E-state index is 0.100. The standard InChI is InChI=1S/C23H23NO6/c1-3-29-19-11-9-16(15-20(19)28-2)10-12-21(25)30-14-6-13-24-22(26)17-7-4-5-8-18(17)23(24)27/h4-5,7-12,15H,3,6,13-14H2,1-2H3/b12-10+. The number of carbonyl (C=O) groups excluding carboxylic acids is 3. The summed E-state index contributed by atoms with van der Waals surface area (Å²) < 4.78 is 15.9. The van der Waals surface area contributed by atoms with Crippen molar-refractivity contribution in [2.75, 3.05) is 26.9 Å². The second-order valence-corrected chi connectivity index (χ2v) is 6.51. The highest BCUT2D eigenvalue weighted by molar-refractivity contribution is 6.21. The van der Waals surface area contributed by atoms with Crippen LogP contribution in [0.3, 0.4) is 0 Å². The second-order valence-electron chi connectivity index (χ2n) is 6.51. The van der Waals surface area contributed by atoms with Gasteiger partial charge in [0.2, 0.25) is 0 Å². The van der Waals surface area contributed by atoms with Gasteiger partial charge in [0, 0.05) is 12.6 Å². The zero-order valence-corrected chi connectivity index (χ0v) is 16.9. The maximum Gasteiger partial charge on any atom is 0.330 e. The molecule has 156 valence electrons. The van der Waals surface area contributed by atoms with Crippen LogP contribution in [0.5, 0.6) is 11.5 Å². The van der Waals surface area contributed by atoms with Crippen LogP contribution in [-0.2, 0) is 9.53 Å². The monoisotopic (exact) mass is 409 g/mol. The molecular weight excluding hydrogens is 386 g/mol. The zero-order valence-electron chi connectivity index (χ0n) is 16.9. The summed E-state index contributed by atoms with van der Waals surface area (Å²) in [7, 11) is 1.55. The Morgan fingerprint density at radius 2 is 1.73 bits per heavy atom. The molecule has 0 aliphatic carbocycles. The number of carbonyl (C=O) groups is 3. The van der Waals surface area contributed by atoms with Crippen LogP contribution in [0.15, 0.2) is 48.5 Å². The van der Waals surface area contributed by atoms with Gasteiger partial charge in [0.15, 0.2) is 11.5 Å². The van der Waals surface area contributed by atoms with Crippen molar-refractivity contribution in [1.29, 1.82) is 0 Å². The quantitative estimate of drug-likeness (QED) is 0.273. The fourth-order valence-corrected chi connectivity index (χ4v) is 3.11. The molecular formula is C23H23NO6. The normalized spacial score (nSPS) is 12.9. The molecule has 0 fully saturated rings. The molecule has 2 aromatic rings. The van der Waals surface area contributed by atoms with Gasteiger partial charge < -0.3 is 14.2 Å². The summed E-state index contributed by atoms with van der Waals surface area (Å²) in [4.78, 5) is 37.7. The van der Waals surface area contributed by atoms with Crippen LogP contribution in [0.25, 0.3) is 6.08 Å². The molecule has 7 nitrogen and oxygen atoms in total. The number of hydrogen-bond donors (Lipinski definition) is 0. The average Bonchev–Trinajstić information content (AvgIpc) is 3.01. The number of rotatable bonds is 9. The first-order chi connectivity index (χ1) is 14.5. The third-order valence-electron chi connectivity index (χ3n) is 4.55. The van der Waals surface area contributed by atoms with Gasteiger partial charge in [0.25, 0.3) is 11.8 Å². The van der Waals surface area contributed by atoms with E-state index in [-0.39, 0.29) is 25.0 Å².